The molecule has 0 bridgehead atoms. The molecule has 0 saturated heterocycles. The molecule has 4 aromatic rings. The number of fused-ring (bicyclic) bond motifs is 2. The molecule has 0 spiro atoms. The maximum absolute atomic E-state index is 5.79. The van der Waals surface area contributed by atoms with Gasteiger partial charge in [-0.05, 0) is 18.2 Å². The maximum Gasteiger partial charge on any atom is 0.191 e. The van der Waals surface area contributed by atoms with Gasteiger partial charge in [0.1, 0.15) is 5.52 Å². The van der Waals surface area contributed by atoms with Gasteiger partial charge in [0.15, 0.2) is 5.72 Å². The Kier molecular flexibility index (Phi) is 3.09. The highest BCUT2D eigenvalue weighted by molar-refractivity contribution is 5.83. The first kappa shape index (κ1) is 13.8. The molecule has 0 amide bonds. The Morgan fingerprint density at radius 2 is 1.87 bits per heavy atom. The number of pyridine rings is 1. The van der Waals surface area contributed by atoms with Gasteiger partial charge in [0, 0.05) is 31.2 Å². The zero-order valence-electron chi connectivity index (χ0n) is 12.7. The van der Waals surface area contributed by atoms with E-state index < -0.39 is 5.72 Å². The van der Waals surface area contributed by atoms with Crippen molar-refractivity contribution >= 4 is 21.9 Å². The van der Waals surface area contributed by atoms with E-state index in [1.54, 1.807) is 18.0 Å². The number of hydrogen-bond donors (Lipinski definition) is 0. The first-order valence-electron chi connectivity index (χ1n) is 7.30. The van der Waals surface area contributed by atoms with Crippen LogP contribution in [0.5, 0.6) is 0 Å². The van der Waals surface area contributed by atoms with Crippen molar-refractivity contribution < 1.29 is 4.74 Å². The van der Waals surface area contributed by atoms with E-state index in [0.29, 0.717) is 0 Å². The van der Waals surface area contributed by atoms with Crippen molar-refractivity contribution in [1.82, 2.24) is 20.0 Å². The van der Waals surface area contributed by atoms with E-state index in [9.17, 15) is 0 Å². The van der Waals surface area contributed by atoms with Gasteiger partial charge in [0.05, 0.1) is 11.0 Å². The summed E-state index contributed by atoms with van der Waals surface area (Å²) in [5.74, 6) is 0. The molecule has 1 unspecified atom stereocenters. The van der Waals surface area contributed by atoms with Gasteiger partial charge < -0.3 is 4.74 Å². The monoisotopic (exact) mass is 303 g/mol. The van der Waals surface area contributed by atoms with Crippen LogP contribution < -0.4 is 0 Å². The molecule has 2 aromatic heterocycles. The quantitative estimate of drug-likeness (QED) is 0.583. The van der Waals surface area contributed by atoms with Crippen LogP contribution in [0, 0.1) is 6.92 Å². The molecule has 2 aromatic carbocycles. The van der Waals surface area contributed by atoms with E-state index in [2.05, 4.69) is 22.2 Å². The van der Waals surface area contributed by atoms with E-state index >= 15 is 0 Å². The van der Waals surface area contributed by atoms with Crippen LogP contribution in [0.15, 0.2) is 60.8 Å². The molecule has 0 aliphatic heterocycles. The Balaban J connectivity index is 2.03. The zero-order chi connectivity index (χ0) is 15.9. The van der Waals surface area contributed by atoms with Crippen molar-refractivity contribution in [3.8, 4) is 0 Å². The highest BCUT2D eigenvalue weighted by Crippen LogP contribution is 2.32. The topological polar surface area (TPSA) is 52.8 Å². The number of methoxy groups -OCH3 is 1. The first-order chi connectivity index (χ1) is 11.2. The lowest BCUT2D eigenvalue weighted by Crippen LogP contribution is -2.35. The third-order valence-electron chi connectivity index (χ3n) is 4.09. The van der Waals surface area contributed by atoms with Crippen LogP contribution in [0.3, 0.4) is 0 Å². The van der Waals surface area contributed by atoms with Crippen molar-refractivity contribution in [2.75, 3.05) is 7.11 Å². The van der Waals surface area contributed by atoms with Crippen LogP contribution in [-0.4, -0.2) is 27.1 Å². The maximum atomic E-state index is 5.79. The third-order valence-corrected chi connectivity index (χ3v) is 4.09. The minimum absolute atomic E-state index is 0.797. The second-order valence-electron chi connectivity index (χ2n) is 5.36. The fourth-order valence-electron chi connectivity index (χ4n) is 2.87. The summed E-state index contributed by atoms with van der Waals surface area (Å²) in [6, 6.07) is 17.6. The summed E-state index contributed by atoms with van der Waals surface area (Å²) in [7, 11) is 1.62. The molecular weight excluding hydrogens is 288 g/mol. The number of nitrogens with zero attached hydrogens (tertiary/aromatic N) is 4. The summed E-state index contributed by atoms with van der Waals surface area (Å²) < 4.78 is 7.49. The molecule has 113 valence electrons. The second-order valence-corrected chi connectivity index (χ2v) is 5.36. The van der Waals surface area contributed by atoms with E-state index in [4.69, 9.17) is 4.74 Å². The van der Waals surface area contributed by atoms with Gasteiger partial charge in [-0.3, -0.25) is 4.98 Å². The fraction of sp³-hybridized carbons (Fsp3) is 0.111. The van der Waals surface area contributed by atoms with Crippen molar-refractivity contribution in [3.63, 3.8) is 0 Å². The minimum atomic E-state index is -1.05. The number of para-hydroxylation sites is 2. The largest absolute Gasteiger partial charge is 0.353 e. The van der Waals surface area contributed by atoms with Gasteiger partial charge in [-0.2, -0.15) is 0 Å². The van der Waals surface area contributed by atoms with Gasteiger partial charge in [-0.15, -0.1) is 5.10 Å². The summed E-state index contributed by atoms with van der Waals surface area (Å²) in [5.41, 5.74) is 2.28. The van der Waals surface area contributed by atoms with E-state index in [1.807, 2.05) is 54.6 Å². The molecule has 1 atom stereocenters. The number of hydrogen-bond acceptors (Lipinski definition) is 4. The summed E-state index contributed by atoms with van der Waals surface area (Å²) in [6.45, 7) is 4.30. The van der Waals surface area contributed by atoms with Crippen molar-refractivity contribution in [3.05, 3.63) is 73.3 Å². The van der Waals surface area contributed by atoms with E-state index in [-0.39, 0.29) is 0 Å². The highest BCUT2D eigenvalue weighted by Gasteiger charge is 2.33. The molecule has 23 heavy (non-hydrogen) atoms. The molecule has 1 radical (unpaired) electrons. The van der Waals surface area contributed by atoms with Crippen LogP contribution in [0.4, 0.5) is 0 Å². The SMILES string of the molecule is [CH2]C(OC)(c1cccc2cccnc12)n1nnc2ccccc21. The van der Waals surface area contributed by atoms with Crippen LogP contribution >= 0.6 is 0 Å². The van der Waals surface area contributed by atoms with E-state index in [0.717, 1.165) is 27.5 Å². The number of ether oxygens (including phenoxy) is 1. The van der Waals surface area contributed by atoms with E-state index in [1.165, 1.54) is 0 Å². The molecular formula is C18H15N4O. The molecule has 2 heterocycles. The number of aromatic nitrogens is 4. The summed E-state index contributed by atoms with van der Waals surface area (Å²) >= 11 is 0. The van der Waals surface area contributed by atoms with Crippen molar-refractivity contribution in [2.24, 2.45) is 0 Å². The van der Waals surface area contributed by atoms with Gasteiger partial charge in [0.25, 0.3) is 0 Å². The van der Waals surface area contributed by atoms with Gasteiger partial charge in [-0.25, -0.2) is 4.68 Å². The Hall–Kier alpha value is -2.79. The minimum Gasteiger partial charge on any atom is -0.353 e. The fourth-order valence-corrected chi connectivity index (χ4v) is 2.87. The summed E-state index contributed by atoms with van der Waals surface area (Å²) in [5, 5.41) is 9.51. The molecule has 0 aliphatic carbocycles. The zero-order valence-corrected chi connectivity index (χ0v) is 12.7. The average Bonchev–Trinajstić information content (AvgIpc) is 3.05. The van der Waals surface area contributed by atoms with Crippen LogP contribution in [0.1, 0.15) is 5.56 Å². The Labute approximate surface area is 133 Å². The normalized spacial score (nSPS) is 14.2. The third kappa shape index (κ3) is 2.01. The lowest BCUT2D eigenvalue weighted by atomic mass is 10.0. The molecule has 0 saturated carbocycles. The predicted molar refractivity (Wildman–Crippen MR) is 88.7 cm³/mol. The predicted octanol–water partition coefficient (Wildman–Crippen LogP) is 3.16. The van der Waals surface area contributed by atoms with Crippen LogP contribution in [0.25, 0.3) is 21.9 Å². The lowest BCUT2D eigenvalue weighted by Gasteiger charge is -2.29. The van der Waals surface area contributed by atoms with Crippen LogP contribution in [0.2, 0.25) is 0 Å². The van der Waals surface area contributed by atoms with Gasteiger partial charge in [0.2, 0.25) is 0 Å². The average molecular weight is 303 g/mol. The van der Waals surface area contributed by atoms with Gasteiger partial charge >= 0.3 is 0 Å². The Bertz CT molecular complexity index is 989. The van der Waals surface area contributed by atoms with Crippen molar-refractivity contribution in [1.29, 1.82) is 0 Å². The Morgan fingerprint density at radius 3 is 2.74 bits per heavy atom. The van der Waals surface area contributed by atoms with Gasteiger partial charge in [-0.1, -0.05) is 41.6 Å². The highest BCUT2D eigenvalue weighted by atomic mass is 16.5. The molecule has 0 fully saturated rings. The molecule has 4 rings (SSSR count). The number of rotatable bonds is 3. The number of benzene rings is 2. The standard InChI is InChI=1S/C18H15N4O/c1-18(23-2,22-16-11-4-3-10-15(16)20-21-22)14-9-5-7-13-8-6-12-19-17(13)14/h3-12H,1H2,2H3. The smallest absolute Gasteiger partial charge is 0.191 e. The summed E-state index contributed by atoms with van der Waals surface area (Å²) in [4.78, 5) is 4.50. The van der Waals surface area contributed by atoms with Crippen molar-refractivity contribution in [2.45, 2.75) is 5.72 Å². The summed E-state index contributed by atoms with van der Waals surface area (Å²) in [6.07, 6.45) is 1.77. The van der Waals surface area contributed by atoms with Crippen LogP contribution in [-0.2, 0) is 10.5 Å². The second kappa shape index (κ2) is 5.14. The molecule has 5 heteroatoms. The Morgan fingerprint density at radius 1 is 1.04 bits per heavy atom. The first-order valence-corrected chi connectivity index (χ1v) is 7.30. The molecule has 0 aliphatic rings. The molecule has 5 nitrogen and oxygen atoms in total. The lowest BCUT2D eigenvalue weighted by molar-refractivity contribution is -0.00691. The molecule has 0 N–H and O–H groups in total.